The number of carbonyl (C=O) groups is 2. The Hall–Kier alpha value is -2.42. The molecule has 1 aromatic rings. The standard InChI is InChI=1S/C18H21ClFN5O4S/c1-9-3-12(19)5-14-17(9)30(28,29)25(18(27)24-14)8-15(26)23-10(2)16-13(20)4-11(6-21)7-22-16/h3,5,10-11,13,16,22H,4,7-8H2,1-2H3,(H,23,26)(H,24,27)/t10-,11?,13?,16?/m0/s1. The van der Waals surface area contributed by atoms with Crippen LogP contribution in [0.25, 0.3) is 0 Å². The van der Waals surface area contributed by atoms with E-state index in [1.165, 1.54) is 19.1 Å². The quantitative estimate of drug-likeness (QED) is 0.628. The average Bonchev–Trinajstić information content (AvgIpc) is 2.63. The van der Waals surface area contributed by atoms with Crippen LogP contribution in [0.2, 0.25) is 5.02 Å². The van der Waals surface area contributed by atoms with E-state index in [4.69, 9.17) is 16.9 Å². The van der Waals surface area contributed by atoms with E-state index >= 15 is 0 Å². The van der Waals surface area contributed by atoms with Gasteiger partial charge in [-0.3, -0.25) is 4.79 Å². The van der Waals surface area contributed by atoms with E-state index in [0.717, 1.165) is 0 Å². The molecule has 2 heterocycles. The Kier molecular flexibility index (Phi) is 6.21. The monoisotopic (exact) mass is 457 g/mol. The zero-order valence-corrected chi connectivity index (χ0v) is 17.8. The summed E-state index contributed by atoms with van der Waals surface area (Å²) in [5.41, 5.74) is 0.378. The zero-order chi connectivity index (χ0) is 22.2. The Balaban J connectivity index is 1.72. The number of nitrogens with zero attached hydrogens (tertiary/aromatic N) is 2. The maximum absolute atomic E-state index is 14.3. The van der Waals surface area contributed by atoms with Gasteiger partial charge in [0, 0.05) is 17.6 Å². The first kappa shape index (κ1) is 22.3. The molecule has 0 bridgehead atoms. The van der Waals surface area contributed by atoms with Gasteiger partial charge < -0.3 is 16.0 Å². The van der Waals surface area contributed by atoms with Crippen molar-refractivity contribution in [2.75, 3.05) is 18.4 Å². The van der Waals surface area contributed by atoms with E-state index in [1.54, 1.807) is 6.92 Å². The van der Waals surface area contributed by atoms with Crippen LogP contribution in [-0.2, 0) is 14.8 Å². The molecule has 3 unspecified atom stereocenters. The van der Waals surface area contributed by atoms with Gasteiger partial charge in [0.1, 0.15) is 17.6 Å². The molecule has 1 aromatic carbocycles. The number of nitriles is 1. The molecule has 1 fully saturated rings. The number of nitrogens with one attached hydrogen (secondary N) is 3. The number of fused-ring (bicyclic) bond motifs is 1. The molecule has 30 heavy (non-hydrogen) atoms. The lowest BCUT2D eigenvalue weighted by Crippen LogP contribution is -2.58. The van der Waals surface area contributed by atoms with Gasteiger partial charge in [0.15, 0.2) is 0 Å². The van der Waals surface area contributed by atoms with Crippen LogP contribution in [0.1, 0.15) is 18.9 Å². The number of hydrogen-bond donors (Lipinski definition) is 3. The second kappa shape index (κ2) is 8.37. The lowest BCUT2D eigenvalue weighted by Gasteiger charge is -2.35. The third kappa shape index (κ3) is 4.21. The highest BCUT2D eigenvalue weighted by Gasteiger charge is 2.40. The summed E-state index contributed by atoms with van der Waals surface area (Å²) in [4.78, 5) is 24.7. The first-order valence-electron chi connectivity index (χ1n) is 9.25. The molecule has 4 atom stereocenters. The Bertz CT molecular complexity index is 1030. The fraction of sp³-hybridized carbons (Fsp3) is 0.500. The molecule has 2 aliphatic heterocycles. The van der Waals surface area contributed by atoms with Crippen LogP contribution >= 0.6 is 11.6 Å². The van der Waals surface area contributed by atoms with Crippen LogP contribution in [-0.4, -0.2) is 56.0 Å². The van der Waals surface area contributed by atoms with Crippen molar-refractivity contribution in [1.29, 1.82) is 5.26 Å². The fourth-order valence-electron chi connectivity index (χ4n) is 3.73. The lowest BCUT2D eigenvalue weighted by atomic mass is 9.90. The van der Waals surface area contributed by atoms with Gasteiger partial charge in [0.2, 0.25) is 5.91 Å². The van der Waals surface area contributed by atoms with E-state index < -0.39 is 52.7 Å². The molecule has 0 aliphatic carbocycles. The maximum Gasteiger partial charge on any atom is 0.336 e. The van der Waals surface area contributed by atoms with Gasteiger partial charge in [-0.1, -0.05) is 11.6 Å². The Labute approximate surface area is 178 Å². The summed E-state index contributed by atoms with van der Waals surface area (Å²) >= 11 is 5.93. The molecule has 2 aliphatic rings. The van der Waals surface area contributed by atoms with Crippen molar-refractivity contribution >= 4 is 39.2 Å². The molecular formula is C18H21ClFN5O4S. The number of hydrogen-bond acceptors (Lipinski definition) is 6. The van der Waals surface area contributed by atoms with Gasteiger partial charge in [-0.15, -0.1) is 0 Å². The number of rotatable bonds is 4. The molecule has 12 heteroatoms. The SMILES string of the molecule is Cc1cc(Cl)cc2c1S(=O)(=O)N(CC(=O)N[C@@H](C)C1NCC(C#N)CC1F)C(=O)N2. The molecule has 9 nitrogen and oxygen atoms in total. The largest absolute Gasteiger partial charge is 0.350 e. The average molecular weight is 458 g/mol. The van der Waals surface area contributed by atoms with E-state index in [9.17, 15) is 22.4 Å². The van der Waals surface area contributed by atoms with Gasteiger partial charge in [0.25, 0.3) is 10.0 Å². The molecular weight excluding hydrogens is 437 g/mol. The minimum Gasteiger partial charge on any atom is -0.350 e. The molecule has 0 spiro atoms. The van der Waals surface area contributed by atoms with Gasteiger partial charge in [0.05, 0.1) is 23.7 Å². The number of anilines is 1. The summed E-state index contributed by atoms with van der Waals surface area (Å²) in [6, 6.07) is 2.38. The van der Waals surface area contributed by atoms with E-state index in [2.05, 4.69) is 16.0 Å². The Morgan fingerprint density at radius 1 is 1.50 bits per heavy atom. The van der Waals surface area contributed by atoms with Crippen molar-refractivity contribution in [1.82, 2.24) is 14.9 Å². The first-order valence-corrected chi connectivity index (χ1v) is 11.1. The number of halogens is 2. The molecule has 3 amide bonds. The number of aryl methyl sites for hydroxylation is 1. The molecule has 0 aromatic heterocycles. The molecule has 0 saturated carbocycles. The Morgan fingerprint density at radius 2 is 2.20 bits per heavy atom. The third-order valence-corrected chi connectivity index (χ3v) is 7.30. The number of amides is 3. The van der Waals surface area contributed by atoms with Crippen molar-refractivity contribution in [3.8, 4) is 6.07 Å². The fourth-order valence-corrected chi connectivity index (χ4v) is 5.63. The topological polar surface area (TPSA) is 131 Å². The van der Waals surface area contributed by atoms with Crippen molar-refractivity contribution in [2.45, 2.75) is 43.4 Å². The molecule has 3 rings (SSSR count). The first-order chi connectivity index (χ1) is 14.0. The highest BCUT2D eigenvalue weighted by atomic mass is 35.5. The number of benzene rings is 1. The highest BCUT2D eigenvalue weighted by molar-refractivity contribution is 7.90. The van der Waals surface area contributed by atoms with Crippen LogP contribution < -0.4 is 16.0 Å². The summed E-state index contributed by atoms with van der Waals surface area (Å²) in [7, 11) is -4.28. The lowest BCUT2D eigenvalue weighted by molar-refractivity contribution is -0.121. The summed E-state index contributed by atoms with van der Waals surface area (Å²) in [6.45, 7) is 2.64. The summed E-state index contributed by atoms with van der Waals surface area (Å²) in [5.74, 6) is -1.20. The molecule has 3 N–H and O–H groups in total. The van der Waals surface area contributed by atoms with Crippen molar-refractivity contribution < 1.29 is 22.4 Å². The van der Waals surface area contributed by atoms with Crippen LogP contribution in [0.3, 0.4) is 0 Å². The highest BCUT2D eigenvalue weighted by Crippen LogP contribution is 2.35. The zero-order valence-electron chi connectivity index (χ0n) is 16.3. The normalized spacial score (nSPS) is 26.2. The number of carbonyl (C=O) groups excluding carboxylic acids is 2. The second-order valence-corrected chi connectivity index (χ2v) is 9.64. The van der Waals surface area contributed by atoms with Crippen LogP contribution in [0.15, 0.2) is 17.0 Å². The number of piperidine rings is 1. The van der Waals surface area contributed by atoms with E-state index in [1.807, 2.05) is 6.07 Å². The van der Waals surface area contributed by atoms with Gasteiger partial charge in [-0.2, -0.15) is 5.26 Å². The minimum atomic E-state index is -4.28. The predicted octanol–water partition coefficient (Wildman–Crippen LogP) is 1.53. The predicted molar refractivity (Wildman–Crippen MR) is 107 cm³/mol. The van der Waals surface area contributed by atoms with Crippen LogP contribution in [0.5, 0.6) is 0 Å². The van der Waals surface area contributed by atoms with Gasteiger partial charge in [-0.05, 0) is 38.0 Å². The minimum absolute atomic E-state index is 0.0498. The van der Waals surface area contributed by atoms with Crippen LogP contribution in [0.4, 0.5) is 14.9 Å². The van der Waals surface area contributed by atoms with Gasteiger partial charge in [-0.25, -0.2) is 21.9 Å². The number of urea groups is 1. The number of sulfonamides is 1. The smallest absolute Gasteiger partial charge is 0.336 e. The molecule has 162 valence electrons. The second-order valence-electron chi connectivity index (χ2n) is 7.41. The number of alkyl halides is 1. The van der Waals surface area contributed by atoms with E-state index in [0.29, 0.717) is 16.4 Å². The van der Waals surface area contributed by atoms with Crippen molar-refractivity contribution in [3.05, 3.63) is 22.7 Å². The summed E-state index contributed by atoms with van der Waals surface area (Å²) in [6.07, 6.45) is -1.30. The van der Waals surface area contributed by atoms with E-state index in [-0.39, 0.29) is 22.0 Å². The molecule has 1 saturated heterocycles. The maximum atomic E-state index is 14.3. The van der Waals surface area contributed by atoms with Crippen molar-refractivity contribution in [2.24, 2.45) is 5.92 Å². The third-order valence-electron chi connectivity index (χ3n) is 5.15. The Morgan fingerprint density at radius 3 is 2.83 bits per heavy atom. The summed E-state index contributed by atoms with van der Waals surface area (Å²) in [5, 5.41) is 17.0. The summed E-state index contributed by atoms with van der Waals surface area (Å²) < 4.78 is 40.6. The van der Waals surface area contributed by atoms with Crippen molar-refractivity contribution in [3.63, 3.8) is 0 Å². The van der Waals surface area contributed by atoms with Gasteiger partial charge >= 0.3 is 6.03 Å². The van der Waals surface area contributed by atoms with Crippen LogP contribution in [0, 0.1) is 24.2 Å². The molecule has 0 radical (unpaired) electrons.